The van der Waals surface area contributed by atoms with Crippen molar-refractivity contribution in [2.24, 2.45) is 5.92 Å². The van der Waals surface area contributed by atoms with Gasteiger partial charge >= 0.3 is 0 Å². The highest BCUT2D eigenvalue weighted by Crippen LogP contribution is 2.28. The maximum atomic E-state index is 3.48. The summed E-state index contributed by atoms with van der Waals surface area (Å²) >= 11 is 1.81. The summed E-state index contributed by atoms with van der Waals surface area (Å²) in [6.07, 6.45) is 11.4. The molecule has 1 saturated carbocycles. The van der Waals surface area contributed by atoms with E-state index in [-0.39, 0.29) is 0 Å². The topological polar surface area (TPSA) is 12.0 Å². The average molecular weight is 251 g/mol. The molecule has 1 aromatic heterocycles. The molecule has 1 aliphatic rings. The second-order valence-corrected chi connectivity index (χ2v) is 6.18. The molecule has 2 heteroatoms. The first kappa shape index (κ1) is 13.1. The van der Waals surface area contributed by atoms with Crippen LogP contribution in [0.1, 0.15) is 50.5 Å². The number of thiophene rings is 1. The predicted octanol–water partition coefficient (Wildman–Crippen LogP) is 4.24. The quantitative estimate of drug-likeness (QED) is 0.797. The zero-order valence-corrected chi connectivity index (χ0v) is 11.8. The Morgan fingerprint density at radius 2 is 2.18 bits per heavy atom. The van der Waals surface area contributed by atoms with Crippen molar-refractivity contribution in [3.05, 3.63) is 22.4 Å². The molecule has 1 heterocycles. The van der Waals surface area contributed by atoms with Gasteiger partial charge in [0, 0.05) is 6.04 Å². The molecule has 0 aliphatic heterocycles. The van der Waals surface area contributed by atoms with E-state index in [4.69, 9.17) is 0 Å². The van der Waals surface area contributed by atoms with Crippen LogP contribution in [-0.4, -0.2) is 13.1 Å². The van der Waals surface area contributed by atoms with Gasteiger partial charge in [0.1, 0.15) is 0 Å². The lowest BCUT2D eigenvalue weighted by atomic mass is 9.85. The van der Waals surface area contributed by atoms with Gasteiger partial charge in [0.2, 0.25) is 0 Å². The highest BCUT2D eigenvalue weighted by Gasteiger charge is 2.15. The van der Waals surface area contributed by atoms with Crippen molar-refractivity contribution in [2.75, 3.05) is 7.05 Å². The number of rotatable bonds is 6. The van der Waals surface area contributed by atoms with Crippen LogP contribution < -0.4 is 5.32 Å². The fourth-order valence-corrected chi connectivity index (χ4v) is 3.64. The summed E-state index contributed by atoms with van der Waals surface area (Å²) in [6.45, 7) is 0. The van der Waals surface area contributed by atoms with E-state index >= 15 is 0 Å². The monoisotopic (exact) mass is 251 g/mol. The van der Waals surface area contributed by atoms with E-state index in [2.05, 4.69) is 29.2 Å². The molecule has 1 fully saturated rings. The first-order valence-corrected chi connectivity index (χ1v) is 8.01. The summed E-state index contributed by atoms with van der Waals surface area (Å²) in [6, 6.07) is 2.93. The molecule has 0 spiro atoms. The summed E-state index contributed by atoms with van der Waals surface area (Å²) in [5.41, 5.74) is 1.50. The van der Waals surface area contributed by atoms with Crippen molar-refractivity contribution in [2.45, 2.75) is 57.4 Å². The predicted molar refractivity (Wildman–Crippen MR) is 76.7 cm³/mol. The van der Waals surface area contributed by atoms with Crippen molar-refractivity contribution in [1.82, 2.24) is 5.32 Å². The van der Waals surface area contributed by atoms with E-state index in [0.29, 0.717) is 6.04 Å². The molecule has 0 bridgehead atoms. The van der Waals surface area contributed by atoms with Crippen LogP contribution in [0, 0.1) is 5.92 Å². The van der Waals surface area contributed by atoms with E-state index in [1.54, 1.807) is 0 Å². The van der Waals surface area contributed by atoms with Crippen LogP contribution in [0.2, 0.25) is 0 Å². The molecule has 1 N–H and O–H groups in total. The van der Waals surface area contributed by atoms with E-state index in [0.717, 1.165) is 5.92 Å². The van der Waals surface area contributed by atoms with E-state index < -0.39 is 0 Å². The van der Waals surface area contributed by atoms with Crippen molar-refractivity contribution in [1.29, 1.82) is 0 Å². The Hall–Kier alpha value is -0.340. The van der Waals surface area contributed by atoms with Crippen LogP contribution in [0.25, 0.3) is 0 Å². The normalized spacial score (nSPS) is 19.4. The molecule has 2 rings (SSSR count). The Labute approximate surface area is 110 Å². The number of hydrogen-bond acceptors (Lipinski definition) is 2. The fraction of sp³-hybridized carbons (Fsp3) is 0.733. The number of likely N-dealkylation sites (N-methyl/N-ethyl adjacent to an activating group) is 1. The number of nitrogens with one attached hydrogen (secondary N) is 1. The third-order valence-corrected chi connectivity index (χ3v) is 4.85. The Bertz CT molecular complexity index is 288. The molecule has 1 aliphatic carbocycles. The molecule has 1 aromatic rings. The first-order valence-electron chi connectivity index (χ1n) is 7.07. The summed E-state index contributed by atoms with van der Waals surface area (Å²) in [4.78, 5) is 0. The zero-order valence-electron chi connectivity index (χ0n) is 11.0. The fourth-order valence-electron chi connectivity index (χ4n) is 2.95. The van der Waals surface area contributed by atoms with Crippen molar-refractivity contribution < 1.29 is 0 Å². The molecule has 17 heavy (non-hydrogen) atoms. The molecule has 1 atom stereocenters. The third kappa shape index (κ3) is 4.44. The lowest BCUT2D eigenvalue weighted by Crippen LogP contribution is -2.28. The van der Waals surface area contributed by atoms with Crippen LogP contribution in [0.5, 0.6) is 0 Å². The first-order chi connectivity index (χ1) is 8.38. The van der Waals surface area contributed by atoms with Gasteiger partial charge in [-0.1, -0.05) is 32.1 Å². The van der Waals surface area contributed by atoms with Gasteiger partial charge < -0.3 is 5.32 Å². The molecule has 0 radical (unpaired) electrons. The summed E-state index contributed by atoms with van der Waals surface area (Å²) in [5, 5.41) is 7.95. The maximum Gasteiger partial charge on any atom is 0.0105 e. The Kier molecular flexibility index (Phi) is 5.53. The van der Waals surface area contributed by atoms with Gasteiger partial charge in [0.05, 0.1) is 0 Å². The highest BCUT2D eigenvalue weighted by molar-refractivity contribution is 7.07. The van der Waals surface area contributed by atoms with Crippen molar-refractivity contribution >= 4 is 11.3 Å². The van der Waals surface area contributed by atoms with Crippen LogP contribution in [0.4, 0.5) is 0 Å². The van der Waals surface area contributed by atoms with Crippen LogP contribution in [0.15, 0.2) is 16.8 Å². The molecular formula is C15H25NS. The number of hydrogen-bond donors (Lipinski definition) is 1. The average Bonchev–Trinajstić information content (AvgIpc) is 2.88. The largest absolute Gasteiger partial charge is 0.317 e. The van der Waals surface area contributed by atoms with E-state index in [1.165, 1.54) is 56.9 Å². The highest BCUT2D eigenvalue weighted by atomic mass is 32.1. The zero-order chi connectivity index (χ0) is 11.9. The molecule has 1 unspecified atom stereocenters. The SMILES string of the molecule is CNC(CCC1CCCCC1)Cc1ccsc1. The molecule has 0 saturated heterocycles. The minimum Gasteiger partial charge on any atom is -0.317 e. The Morgan fingerprint density at radius 3 is 2.82 bits per heavy atom. The third-order valence-electron chi connectivity index (χ3n) is 4.12. The van der Waals surface area contributed by atoms with Crippen LogP contribution >= 0.6 is 11.3 Å². The van der Waals surface area contributed by atoms with E-state index in [1.807, 2.05) is 11.3 Å². The van der Waals surface area contributed by atoms with Gasteiger partial charge in [-0.05, 0) is 54.6 Å². The van der Waals surface area contributed by atoms with Gasteiger partial charge in [-0.25, -0.2) is 0 Å². The van der Waals surface area contributed by atoms with E-state index in [9.17, 15) is 0 Å². The van der Waals surface area contributed by atoms with Crippen LogP contribution in [0.3, 0.4) is 0 Å². The Balaban J connectivity index is 1.71. The summed E-state index contributed by atoms with van der Waals surface area (Å²) in [5.74, 6) is 1.02. The van der Waals surface area contributed by atoms with Gasteiger partial charge in [-0.3, -0.25) is 0 Å². The van der Waals surface area contributed by atoms with Gasteiger partial charge in [0.25, 0.3) is 0 Å². The standard InChI is InChI=1S/C15H25NS/c1-16-15(11-14-9-10-17-12-14)8-7-13-5-3-2-4-6-13/h9-10,12-13,15-16H,2-8,11H2,1H3. The van der Waals surface area contributed by atoms with Crippen molar-refractivity contribution in [3.8, 4) is 0 Å². The summed E-state index contributed by atoms with van der Waals surface area (Å²) in [7, 11) is 2.11. The molecule has 96 valence electrons. The summed E-state index contributed by atoms with van der Waals surface area (Å²) < 4.78 is 0. The second-order valence-electron chi connectivity index (χ2n) is 5.40. The minimum absolute atomic E-state index is 0.673. The lowest BCUT2D eigenvalue weighted by molar-refractivity contribution is 0.316. The van der Waals surface area contributed by atoms with Gasteiger partial charge in [-0.15, -0.1) is 0 Å². The Morgan fingerprint density at radius 1 is 1.35 bits per heavy atom. The lowest BCUT2D eigenvalue weighted by Gasteiger charge is -2.24. The van der Waals surface area contributed by atoms with Gasteiger partial charge in [0.15, 0.2) is 0 Å². The molecule has 1 nitrogen and oxygen atoms in total. The maximum absolute atomic E-state index is 3.48. The molecule has 0 amide bonds. The smallest absolute Gasteiger partial charge is 0.0105 e. The van der Waals surface area contributed by atoms with Crippen LogP contribution in [-0.2, 0) is 6.42 Å². The van der Waals surface area contributed by atoms with Gasteiger partial charge in [-0.2, -0.15) is 11.3 Å². The minimum atomic E-state index is 0.673. The van der Waals surface area contributed by atoms with Crippen molar-refractivity contribution in [3.63, 3.8) is 0 Å². The second kappa shape index (κ2) is 7.17. The molecular weight excluding hydrogens is 226 g/mol. The molecule has 0 aromatic carbocycles.